The number of nitrogens with two attached hydrogens (primary N) is 1. The molecule has 130 valence electrons. The lowest BCUT2D eigenvalue weighted by Crippen LogP contribution is -2.21. The normalized spacial score (nSPS) is 12.8. The first kappa shape index (κ1) is 21.2. The van der Waals surface area contributed by atoms with Gasteiger partial charge in [0, 0.05) is 0 Å². The Morgan fingerprint density at radius 2 is 1.32 bits per heavy atom. The Hall–Kier alpha value is -0.760. The summed E-state index contributed by atoms with van der Waals surface area (Å²) >= 11 is 0. The minimum absolute atomic E-state index is 0.121. The third kappa shape index (κ3) is 15.6. The first-order valence-electron chi connectivity index (χ1n) is 9.46. The molecule has 3 N–H and O–H groups in total. The molecule has 0 amide bonds. The molecule has 1 unspecified atom stereocenters. The van der Waals surface area contributed by atoms with Crippen LogP contribution in [0.2, 0.25) is 0 Å². The van der Waals surface area contributed by atoms with Gasteiger partial charge in [-0.2, -0.15) is 0 Å². The Balaban J connectivity index is 3.16. The zero-order valence-corrected chi connectivity index (χ0v) is 14.9. The molecule has 0 radical (unpaired) electrons. The summed E-state index contributed by atoms with van der Waals surface area (Å²) < 4.78 is 0. The molecule has 2 heteroatoms. The molecule has 0 spiro atoms. The molecule has 0 aromatic heterocycles. The van der Waals surface area contributed by atoms with E-state index in [0.717, 1.165) is 12.8 Å². The average molecular weight is 310 g/mol. The maximum Gasteiger partial charge on any atom is 0.102 e. The summed E-state index contributed by atoms with van der Waals surface area (Å²) in [5.41, 5.74) is 5.71. The second kappa shape index (κ2) is 16.6. The third-order valence-corrected chi connectivity index (χ3v) is 4.20. The highest BCUT2D eigenvalue weighted by Crippen LogP contribution is 2.11. The van der Waals surface area contributed by atoms with Gasteiger partial charge in [0.15, 0.2) is 0 Å². The SMILES string of the molecule is C=C(O)C(N)CCCCCCC/C=C\CCCCCCCC. The summed E-state index contributed by atoms with van der Waals surface area (Å²) in [6, 6.07) is -0.232. The van der Waals surface area contributed by atoms with E-state index in [4.69, 9.17) is 10.8 Å². The second-order valence-corrected chi connectivity index (χ2v) is 6.47. The van der Waals surface area contributed by atoms with Gasteiger partial charge < -0.3 is 10.8 Å². The molecule has 2 nitrogen and oxygen atoms in total. The Morgan fingerprint density at radius 3 is 1.82 bits per heavy atom. The van der Waals surface area contributed by atoms with Crippen molar-refractivity contribution >= 4 is 0 Å². The second-order valence-electron chi connectivity index (χ2n) is 6.47. The number of hydrogen-bond acceptors (Lipinski definition) is 2. The molecule has 0 heterocycles. The first-order valence-corrected chi connectivity index (χ1v) is 9.46. The Morgan fingerprint density at radius 1 is 0.864 bits per heavy atom. The fraction of sp³-hybridized carbons (Fsp3) is 0.800. The summed E-state index contributed by atoms with van der Waals surface area (Å²) in [7, 11) is 0. The van der Waals surface area contributed by atoms with E-state index in [1.54, 1.807) is 0 Å². The van der Waals surface area contributed by atoms with Crippen molar-refractivity contribution in [1.82, 2.24) is 0 Å². The number of aliphatic hydroxyl groups is 1. The van der Waals surface area contributed by atoms with Crippen LogP contribution in [0.4, 0.5) is 0 Å². The van der Waals surface area contributed by atoms with E-state index in [-0.39, 0.29) is 11.8 Å². The van der Waals surface area contributed by atoms with Crippen LogP contribution in [0.25, 0.3) is 0 Å². The molecular weight excluding hydrogens is 270 g/mol. The molecule has 0 bridgehead atoms. The zero-order chi connectivity index (χ0) is 16.5. The molecule has 0 aromatic carbocycles. The van der Waals surface area contributed by atoms with Crippen LogP contribution in [-0.2, 0) is 0 Å². The topological polar surface area (TPSA) is 46.2 Å². The van der Waals surface area contributed by atoms with Crippen LogP contribution in [0.3, 0.4) is 0 Å². The smallest absolute Gasteiger partial charge is 0.102 e. The van der Waals surface area contributed by atoms with E-state index < -0.39 is 0 Å². The van der Waals surface area contributed by atoms with Crippen molar-refractivity contribution in [3.05, 3.63) is 24.5 Å². The molecule has 0 aliphatic heterocycles. The van der Waals surface area contributed by atoms with Gasteiger partial charge in [-0.15, -0.1) is 0 Å². The van der Waals surface area contributed by atoms with Crippen LogP contribution >= 0.6 is 0 Å². The monoisotopic (exact) mass is 309 g/mol. The highest BCUT2D eigenvalue weighted by atomic mass is 16.3. The number of allylic oxidation sites excluding steroid dienone is 2. The van der Waals surface area contributed by atoms with Crippen LogP contribution in [0.1, 0.15) is 96.8 Å². The minimum Gasteiger partial charge on any atom is -0.511 e. The molecule has 1 atom stereocenters. The molecule has 22 heavy (non-hydrogen) atoms. The number of unbranched alkanes of at least 4 members (excludes halogenated alkanes) is 11. The summed E-state index contributed by atoms with van der Waals surface area (Å²) in [6.45, 7) is 5.73. The fourth-order valence-electron chi connectivity index (χ4n) is 2.60. The van der Waals surface area contributed by atoms with E-state index >= 15 is 0 Å². The van der Waals surface area contributed by atoms with Crippen molar-refractivity contribution in [2.75, 3.05) is 0 Å². The first-order chi connectivity index (χ1) is 10.7. The van der Waals surface area contributed by atoms with Crippen molar-refractivity contribution in [3.63, 3.8) is 0 Å². The largest absolute Gasteiger partial charge is 0.511 e. The highest BCUT2D eigenvalue weighted by Gasteiger charge is 2.03. The lowest BCUT2D eigenvalue weighted by atomic mass is 10.0. The van der Waals surface area contributed by atoms with Gasteiger partial charge in [-0.1, -0.05) is 83.4 Å². The molecule has 0 fully saturated rings. The third-order valence-electron chi connectivity index (χ3n) is 4.20. The van der Waals surface area contributed by atoms with Crippen LogP contribution in [-0.4, -0.2) is 11.1 Å². The van der Waals surface area contributed by atoms with E-state index in [2.05, 4.69) is 25.7 Å². The molecule has 0 saturated carbocycles. The predicted molar refractivity (Wildman–Crippen MR) is 99.2 cm³/mol. The van der Waals surface area contributed by atoms with Crippen molar-refractivity contribution in [2.24, 2.45) is 5.73 Å². The van der Waals surface area contributed by atoms with Gasteiger partial charge >= 0.3 is 0 Å². The molecule has 0 aliphatic carbocycles. The Kier molecular flexibility index (Phi) is 16.0. The fourth-order valence-corrected chi connectivity index (χ4v) is 2.60. The summed E-state index contributed by atoms with van der Waals surface area (Å²) in [5, 5.41) is 9.11. The van der Waals surface area contributed by atoms with Crippen molar-refractivity contribution < 1.29 is 5.11 Å². The standard InChI is InChI=1S/C20H39NO/c1-3-4-5-6-7-8-9-10-11-12-13-14-15-16-17-18-20(21)19(2)22/h10-11,20,22H,2-9,12-18,21H2,1H3/b11-10-. The molecule has 0 rings (SSSR count). The zero-order valence-electron chi connectivity index (χ0n) is 14.9. The van der Waals surface area contributed by atoms with Gasteiger partial charge in [0.25, 0.3) is 0 Å². The van der Waals surface area contributed by atoms with E-state index in [9.17, 15) is 0 Å². The van der Waals surface area contributed by atoms with Gasteiger partial charge in [0.2, 0.25) is 0 Å². The highest BCUT2D eigenvalue weighted by molar-refractivity contribution is 4.91. The number of aliphatic hydroxyl groups excluding tert-OH is 1. The minimum atomic E-state index is -0.232. The lowest BCUT2D eigenvalue weighted by molar-refractivity contribution is 0.357. The molecular formula is C20H39NO. The van der Waals surface area contributed by atoms with E-state index in [0.29, 0.717) is 0 Å². The van der Waals surface area contributed by atoms with Crippen LogP contribution < -0.4 is 5.73 Å². The van der Waals surface area contributed by atoms with Crippen molar-refractivity contribution in [2.45, 2.75) is 103 Å². The van der Waals surface area contributed by atoms with Crippen LogP contribution in [0.5, 0.6) is 0 Å². The quantitative estimate of drug-likeness (QED) is 0.196. The maximum atomic E-state index is 9.11. The summed E-state index contributed by atoms with van der Waals surface area (Å²) in [6.07, 6.45) is 22.6. The Bertz CT molecular complexity index is 273. The molecule has 0 saturated heterocycles. The number of hydrogen-bond donors (Lipinski definition) is 2. The van der Waals surface area contributed by atoms with E-state index in [1.807, 2.05) is 0 Å². The van der Waals surface area contributed by atoms with Crippen LogP contribution in [0, 0.1) is 0 Å². The van der Waals surface area contributed by atoms with Gasteiger partial charge in [-0.05, 0) is 32.1 Å². The van der Waals surface area contributed by atoms with Gasteiger partial charge in [-0.3, -0.25) is 0 Å². The average Bonchev–Trinajstić information content (AvgIpc) is 2.50. The predicted octanol–water partition coefficient (Wildman–Crippen LogP) is 6.42. The lowest BCUT2D eigenvalue weighted by Gasteiger charge is -2.08. The summed E-state index contributed by atoms with van der Waals surface area (Å²) in [5.74, 6) is 0.121. The summed E-state index contributed by atoms with van der Waals surface area (Å²) in [4.78, 5) is 0. The van der Waals surface area contributed by atoms with Crippen molar-refractivity contribution in [1.29, 1.82) is 0 Å². The molecule has 0 aromatic rings. The van der Waals surface area contributed by atoms with Gasteiger partial charge in [0.1, 0.15) is 5.76 Å². The molecule has 0 aliphatic rings. The Labute approximate surface area is 138 Å². The van der Waals surface area contributed by atoms with Gasteiger partial charge in [-0.25, -0.2) is 0 Å². The van der Waals surface area contributed by atoms with Crippen LogP contribution in [0.15, 0.2) is 24.5 Å². The van der Waals surface area contributed by atoms with Crippen molar-refractivity contribution in [3.8, 4) is 0 Å². The van der Waals surface area contributed by atoms with Gasteiger partial charge in [0.05, 0.1) is 6.04 Å². The van der Waals surface area contributed by atoms with E-state index in [1.165, 1.54) is 77.0 Å². The number of rotatable bonds is 16. The maximum absolute atomic E-state index is 9.11.